The van der Waals surface area contributed by atoms with Crippen LogP contribution in [0.2, 0.25) is 0 Å². The normalized spacial score (nSPS) is 15.3. The van der Waals surface area contributed by atoms with E-state index in [2.05, 4.69) is 41.6 Å². The minimum absolute atomic E-state index is 0.0215. The van der Waals surface area contributed by atoms with Gasteiger partial charge in [-0.15, -0.1) is 0 Å². The fourth-order valence-corrected chi connectivity index (χ4v) is 4.69. The monoisotopic (exact) mass is 408 g/mol. The lowest BCUT2D eigenvalue weighted by Gasteiger charge is -2.25. The molecule has 0 saturated heterocycles. The van der Waals surface area contributed by atoms with E-state index in [0.717, 1.165) is 37.9 Å². The van der Waals surface area contributed by atoms with Crippen LogP contribution in [-0.2, 0) is 30.7 Å². The van der Waals surface area contributed by atoms with E-state index in [9.17, 15) is 14.3 Å². The Hall–Kier alpha value is -2.66. The number of halogens is 1. The van der Waals surface area contributed by atoms with E-state index < -0.39 is 5.97 Å². The Labute approximate surface area is 176 Å². The third kappa shape index (κ3) is 4.41. The molecule has 5 heteroatoms. The second kappa shape index (κ2) is 8.60. The van der Waals surface area contributed by atoms with Crippen molar-refractivity contribution in [2.75, 3.05) is 13.6 Å². The van der Waals surface area contributed by atoms with Crippen LogP contribution in [-0.4, -0.2) is 34.1 Å². The average Bonchev–Trinajstić information content (AvgIpc) is 2.99. The summed E-state index contributed by atoms with van der Waals surface area (Å²) in [7, 11) is 2.15. The summed E-state index contributed by atoms with van der Waals surface area (Å²) >= 11 is 0. The van der Waals surface area contributed by atoms with E-state index in [0.29, 0.717) is 6.54 Å². The molecule has 0 saturated carbocycles. The van der Waals surface area contributed by atoms with Crippen molar-refractivity contribution in [3.63, 3.8) is 0 Å². The predicted octanol–water partition coefficient (Wildman–Crippen LogP) is 4.80. The molecule has 0 fully saturated rings. The van der Waals surface area contributed by atoms with Crippen molar-refractivity contribution in [3.05, 3.63) is 70.7 Å². The van der Waals surface area contributed by atoms with E-state index in [1.807, 2.05) is 0 Å². The van der Waals surface area contributed by atoms with E-state index in [-0.39, 0.29) is 18.2 Å². The molecule has 1 atom stereocenters. The number of hydrogen-bond acceptors (Lipinski definition) is 2. The fourth-order valence-electron chi connectivity index (χ4n) is 4.69. The van der Waals surface area contributed by atoms with Gasteiger partial charge in [0.05, 0.1) is 0 Å². The van der Waals surface area contributed by atoms with E-state index in [1.54, 1.807) is 12.1 Å². The van der Waals surface area contributed by atoms with Crippen LogP contribution in [0, 0.1) is 18.7 Å². The van der Waals surface area contributed by atoms with Crippen LogP contribution >= 0.6 is 0 Å². The van der Waals surface area contributed by atoms with E-state index >= 15 is 0 Å². The van der Waals surface area contributed by atoms with Gasteiger partial charge in [-0.2, -0.15) is 0 Å². The maximum Gasteiger partial charge on any atom is 0.303 e. The van der Waals surface area contributed by atoms with Crippen molar-refractivity contribution in [3.8, 4) is 0 Å². The predicted molar refractivity (Wildman–Crippen MR) is 117 cm³/mol. The second-order valence-corrected chi connectivity index (χ2v) is 8.67. The van der Waals surface area contributed by atoms with Gasteiger partial charge in [-0.1, -0.05) is 23.8 Å². The van der Waals surface area contributed by atoms with Gasteiger partial charge in [0, 0.05) is 49.1 Å². The minimum Gasteiger partial charge on any atom is -0.481 e. The van der Waals surface area contributed by atoms with Crippen LogP contribution < -0.4 is 0 Å². The van der Waals surface area contributed by atoms with Crippen molar-refractivity contribution in [1.29, 1.82) is 0 Å². The number of carboxylic acid groups (broad SMARTS) is 1. The maximum absolute atomic E-state index is 13.2. The summed E-state index contributed by atoms with van der Waals surface area (Å²) in [5.41, 5.74) is 6.23. The van der Waals surface area contributed by atoms with Crippen molar-refractivity contribution in [2.24, 2.45) is 5.92 Å². The largest absolute Gasteiger partial charge is 0.481 e. The van der Waals surface area contributed by atoms with Gasteiger partial charge in [-0.05, 0) is 68.1 Å². The number of nitrogens with zero attached hydrogens (tertiary/aromatic N) is 2. The molecule has 2 heterocycles. The summed E-state index contributed by atoms with van der Waals surface area (Å²) in [6, 6.07) is 13.1. The maximum atomic E-state index is 13.2. The summed E-state index contributed by atoms with van der Waals surface area (Å²) in [6.07, 6.45) is 2.64. The van der Waals surface area contributed by atoms with Crippen molar-refractivity contribution in [2.45, 2.75) is 45.7 Å². The van der Waals surface area contributed by atoms with Crippen LogP contribution in [0.15, 0.2) is 42.5 Å². The molecule has 0 aliphatic carbocycles. The van der Waals surface area contributed by atoms with Gasteiger partial charge in [0.2, 0.25) is 0 Å². The standard InChI is InChI=1S/C25H29FN2O2/c1-17-3-10-23-21(13-17)22-16-27(2)12-11-24(22)28(23)15-19(14-25(29)30)5-4-18-6-8-20(26)9-7-18/h3,6-10,13,19H,4-5,11-12,14-16H2,1-2H3,(H,29,30). The SMILES string of the molecule is Cc1ccc2c(c1)c1c(n2CC(CCc2ccc(F)cc2)CC(=O)O)CCN(C)C1. The number of rotatable bonds is 7. The first-order valence-electron chi connectivity index (χ1n) is 10.7. The summed E-state index contributed by atoms with van der Waals surface area (Å²) in [4.78, 5) is 13.9. The van der Waals surface area contributed by atoms with Gasteiger partial charge >= 0.3 is 5.97 Å². The fraction of sp³-hybridized carbons (Fsp3) is 0.400. The van der Waals surface area contributed by atoms with Crippen LogP contribution in [0.5, 0.6) is 0 Å². The first-order chi connectivity index (χ1) is 14.4. The molecule has 0 radical (unpaired) electrons. The van der Waals surface area contributed by atoms with Crippen molar-refractivity contribution >= 4 is 16.9 Å². The van der Waals surface area contributed by atoms with Crippen LogP contribution in [0.25, 0.3) is 10.9 Å². The highest BCUT2D eigenvalue weighted by molar-refractivity contribution is 5.86. The third-order valence-electron chi connectivity index (χ3n) is 6.26. The number of hydrogen-bond donors (Lipinski definition) is 1. The zero-order valence-corrected chi connectivity index (χ0v) is 17.7. The van der Waals surface area contributed by atoms with Gasteiger partial charge in [0.25, 0.3) is 0 Å². The number of aliphatic carboxylic acids is 1. The molecule has 158 valence electrons. The molecule has 0 spiro atoms. The first-order valence-corrected chi connectivity index (χ1v) is 10.7. The summed E-state index contributed by atoms with van der Waals surface area (Å²) in [6.45, 7) is 4.76. The number of carbonyl (C=O) groups is 1. The topological polar surface area (TPSA) is 45.5 Å². The Morgan fingerprint density at radius 1 is 1.20 bits per heavy atom. The molecule has 0 amide bonds. The second-order valence-electron chi connectivity index (χ2n) is 8.67. The smallest absolute Gasteiger partial charge is 0.303 e. The molecule has 1 unspecified atom stereocenters. The lowest BCUT2D eigenvalue weighted by molar-refractivity contribution is -0.138. The van der Waals surface area contributed by atoms with E-state index in [1.165, 1.54) is 39.9 Å². The summed E-state index contributed by atoms with van der Waals surface area (Å²) < 4.78 is 15.6. The highest BCUT2D eigenvalue weighted by Gasteiger charge is 2.24. The zero-order valence-electron chi connectivity index (χ0n) is 17.7. The van der Waals surface area contributed by atoms with Gasteiger partial charge in [-0.3, -0.25) is 4.79 Å². The molecular weight excluding hydrogens is 379 g/mol. The quantitative estimate of drug-likeness (QED) is 0.611. The summed E-state index contributed by atoms with van der Waals surface area (Å²) in [5, 5.41) is 10.8. The number of fused-ring (bicyclic) bond motifs is 3. The van der Waals surface area contributed by atoms with Gasteiger partial charge < -0.3 is 14.6 Å². The molecule has 0 bridgehead atoms. The van der Waals surface area contributed by atoms with E-state index in [4.69, 9.17) is 0 Å². The number of aromatic nitrogens is 1. The molecule has 2 aromatic carbocycles. The van der Waals surface area contributed by atoms with Gasteiger partial charge in [-0.25, -0.2) is 4.39 Å². The summed E-state index contributed by atoms with van der Waals surface area (Å²) in [5.74, 6) is -0.986. The molecule has 1 aliphatic rings. The molecular formula is C25H29FN2O2. The third-order valence-corrected chi connectivity index (χ3v) is 6.26. The molecule has 3 aromatic rings. The Morgan fingerprint density at radius 2 is 1.97 bits per heavy atom. The molecule has 1 aromatic heterocycles. The van der Waals surface area contributed by atoms with Crippen molar-refractivity contribution < 1.29 is 14.3 Å². The van der Waals surface area contributed by atoms with Crippen molar-refractivity contribution in [1.82, 2.24) is 9.47 Å². The lowest BCUT2D eigenvalue weighted by atomic mass is 9.96. The first kappa shape index (κ1) is 20.6. The Balaban J connectivity index is 1.63. The number of benzene rings is 2. The molecule has 1 aliphatic heterocycles. The highest BCUT2D eigenvalue weighted by atomic mass is 19.1. The molecule has 4 nitrogen and oxygen atoms in total. The minimum atomic E-state index is -0.764. The van der Waals surface area contributed by atoms with Crippen LogP contribution in [0.1, 0.15) is 35.2 Å². The average molecular weight is 409 g/mol. The van der Waals surface area contributed by atoms with Crippen LogP contribution in [0.3, 0.4) is 0 Å². The Kier molecular flexibility index (Phi) is 5.91. The van der Waals surface area contributed by atoms with Gasteiger partial charge in [0.15, 0.2) is 0 Å². The number of aryl methyl sites for hydroxylation is 2. The Morgan fingerprint density at radius 3 is 2.70 bits per heavy atom. The van der Waals surface area contributed by atoms with Gasteiger partial charge in [0.1, 0.15) is 5.82 Å². The number of likely N-dealkylation sites (N-methyl/N-ethyl adjacent to an activating group) is 1. The molecule has 1 N–H and O–H groups in total. The van der Waals surface area contributed by atoms with Crippen LogP contribution in [0.4, 0.5) is 4.39 Å². The zero-order chi connectivity index (χ0) is 21.3. The molecule has 4 rings (SSSR count). The highest BCUT2D eigenvalue weighted by Crippen LogP contribution is 2.33. The molecule has 30 heavy (non-hydrogen) atoms. The Bertz CT molecular complexity index is 1060. The number of carboxylic acids is 1. The lowest BCUT2D eigenvalue weighted by Crippen LogP contribution is -2.28.